The molecule has 0 aromatic heterocycles. The van der Waals surface area contributed by atoms with E-state index in [0.717, 1.165) is 5.06 Å². The number of hydrogen-bond acceptors (Lipinski definition) is 2. The molecule has 3 nitrogen and oxygen atoms in total. The van der Waals surface area contributed by atoms with Crippen LogP contribution in [0.2, 0.25) is 10.0 Å². The van der Waals surface area contributed by atoms with Crippen molar-refractivity contribution < 1.29 is 9.63 Å². The fraction of sp³-hybridized carbons (Fsp3) is 0.222. The van der Waals surface area contributed by atoms with Crippen LogP contribution in [0.3, 0.4) is 0 Å². The summed E-state index contributed by atoms with van der Waals surface area (Å²) >= 11 is 11.5. The van der Waals surface area contributed by atoms with Crippen LogP contribution in [0.5, 0.6) is 0 Å². The van der Waals surface area contributed by atoms with Gasteiger partial charge in [0, 0.05) is 6.92 Å². The van der Waals surface area contributed by atoms with Crippen LogP contribution in [-0.2, 0) is 9.63 Å². The smallest absolute Gasteiger partial charge is 0.247 e. The number of rotatable bonds is 2. The molecule has 0 unspecified atom stereocenters. The van der Waals surface area contributed by atoms with Gasteiger partial charge in [0.05, 0.1) is 22.8 Å². The molecule has 0 atom stereocenters. The second-order valence-electron chi connectivity index (χ2n) is 2.59. The fourth-order valence-electron chi connectivity index (χ4n) is 1.03. The van der Waals surface area contributed by atoms with Gasteiger partial charge in [-0.2, -0.15) is 5.06 Å². The average Bonchev–Trinajstić information content (AvgIpc) is 2.11. The standard InChI is InChI=1S/C9H9Cl2NO2/c1-6(13)12(14-2)7-3-4-8(10)9(11)5-7/h3-5H,1-2H3. The first-order valence-electron chi connectivity index (χ1n) is 3.86. The van der Waals surface area contributed by atoms with Gasteiger partial charge in [-0.25, -0.2) is 0 Å². The van der Waals surface area contributed by atoms with E-state index in [0.29, 0.717) is 15.7 Å². The van der Waals surface area contributed by atoms with Crippen molar-refractivity contribution in [2.24, 2.45) is 0 Å². The Kier molecular flexibility index (Phi) is 3.75. The quantitative estimate of drug-likeness (QED) is 0.736. The Labute approximate surface area is 92.1 Å². The van der Waals surface area contributed by atoms with Gasteiger partial charge in [-0.1, -0.05) is 23.2 Å². The molecule has 1 aromatic carbocycles. The van der Waals surface area contributed by atoms with Crippen LogP contribution in [0.25, 0.3) is 0 Å². The first-order valence-corrected chi connectivity index (χ1v) is 4.61. The SMILES string of the molecule is CON(C(C)=O)c1ccc(Cl)c(Cl)c1. The Balaban J connectivity index is 3.06. The fourth-order valence-corrected chi connectivity index (χ4v) is 1.32. The highest BCUT2D eigenvalue weighted by atomic mass is 35.5. The molecule has 0 aliphatic heterocycles. The first-order chi connectivity index (χ1) is 6.56. The third kappa shape index (κ3) is 2.38. The van der Waals surface area contributed by atoms with Gasteiger partial charge < -0.3 is 0 Å². The summed E-state index contributed by atoms with van der Waals surface area (Å²) in [5.74, 6) is -0.231. The normalized spacial score (nSPS) is 10.0. The van der Waals surface area contributed by atoms with Gasteiger partial charge >= 0.3 is 0 Å². The number of amides is 1. The van der Waals surface area contributed by atoms with Crippen molar-refractivity contribution in [3.8, 4) is 0 Å². The monoisotopic (exact) mass is 233 g/mol. The number of benzene rings is 1. The minimum absolute atomic E-state index is 0.231. The van der Waals surface area contributed by atoms with Crippen molar-refractivity contribution in [2.45, 2.75) is 6.92 Å². The zero-order valence-electron chi connectivity index (χ0n) is 7.75. The number of hydrogen-bond donors (Lipinski definition) is 0. The molecule has 0 N–H and O–H groups in total. The zero-order valence-corrected chi connectivity index (χ0v) is 9.26. The van der Waals surface area contributed by atoms with Crippen LogP contribution in [0.4, 0.5) is 5.69 Å². The Morgan fingerprint density at radius 3 is 2.43 bits per heavy atom. The maximum Gasteiger partial charge on any atom is 0.247 e. The van der Waals surface area contributed by atoms with Gasteiger partial charge in [0.15, 0.2) is 0 Å². The summed E-state index contributed by atoms with van der Waals surface area (Å²) < 4.78 is 0. The van der Waals surface area contributed by atoms with Crippen LogP contribution < -0.4 is 5.06 Å². The van der Waals surface area contributed by atoms with E-state index in [1.807, 2.05) is 0 Å². The van der Waals surface area contributed by atoms with E-state index >= 15 is 0 Å². The van der Waals surface area contributed by atoms with Crippen molar-refractivity contribution >= 4 is 34.8 Å². The largest absolute Gasteiger partial charge is 0.273 e. The lowest BCUT2D eigenvalue weighted by Gasteiger charge is -2.17. The number of anilines is 1. The molecule has 76 valence electrons. The number of carbonyl (C=O) groups is 1. The highest BCUT2D eigenvalue weighted by Crippen LogP contribution is 2.27. The number of nitrogens with zero attached hydrogens (tertiary/aromatic N) is 1. The van der Waals surface area contributed by atoms with Crippen LogP contribution >= 0.6 is 23.2 Å². The molecule has 0 bridgehead atoms. The second-order valence-corrected chi connectivity index (χ2v) is 3.41. The summed E-state index contributed by atoms with van der Waals surface area (Å²) in [7, 11) is 1.41. The van der Waals surface area contributed by atoms with Crippen LogP contribution in [0.15, 0.2) is 18.2 Å². The molecule has 0 spiro atoms. The van der Waals surface area contributed by atoms with Crippen LogP contribution in [-0.4, -0.2) is 13.0 Å². The van der Waals surface area contributed by atoms with Crippen molar-refractivity contribution in [3.05, 3.63) is 28.2 Å². The summed E-state index contributed by atoms with van der Waals surface area (Å²) in [5, 5.41) is 1.95. The lowest BCUT2D eigenvalue weighted by molar-refractivity contribution is -0.122. The van der Waals surface area contributed by atoms with Gasteiger partial charge in [-0.3, -0.25) is 9.63 Å². The van der Waals surface area contributed by atoms with Crippen LogP contribution in [0, 0.1) is 0 Å². The van der Waals surface area contributed by atoms with Crippen molar-refractivity contribution in [2.75, 3.05) is 12.2 Å². The van der Waals surface area contributed by atoms with E-state index in [2.05, 4.69) is 0 Å². The average molecular weight is 234 g/mol. The van der Waals surface area contributed by atoms with E-state index in [9.17, 15) is 4.79 Å². The van der Waals surface area contributed by atoms with Gasteiger partial charge in [-0.05, 0) is 18.2 Å². The van der Waals surface area contributed by atoms with Crippen molar-refractivity contribution in [1.29, 1.82) is 0 Å². The van der Waals surface area contributed by atoms with Gasteiger partial charge in [0.25, 0.3) is 0 Å². The van der Waals surface area contributed by atoms with E-state index in [4.69, 9.17) is 28.0 Å². The number of halogens is 2. The van der Waals surface area contributed by atoms with Gasteiger partial charge in [0.1, 0.15) is 0 Å². The summed E-state index contributed by atoms with van der Waals surface area (Å²) in [6.45, 7) is 1.39. The highest BCUT2D eigenvalue weighted by molar-refractivity contribution is 6.42. The zero-order chi connectivity index (χ0) is 10.7. The maximum atomic E-state index is 11.1. The van der Waals surface area contributed by atoms with E-state index in [-0.39, 0.29) is 5.91 Å². The van der Waals surface area contributed by atoms with Crippen LogP contribution in [0.1, 0.15) is 6.92 Å². The van der Waals surface area contributed by atoms with Crippen molar-refractivity contribution in [1.82, 2.24) is 0 Å². The Hall–Kier alpha value is -0.770. The lowest BCUT2D eigenvalue weighted by Crippen LogP contribution is -2.26. The second kappa shape index (κ2) is 4.64. The minimum Gasteiger partial charge on any atom is -0.273 e. The predicted molar refractivity (Wildman–Crippen MR) is 56.6 cm³/mol. The Morgan fingerprint density at radius 1 is 1.36 bits per heavy atom. The van der Waals surface area contributed by atoms with Gasteiger partial charge in [0.2, 0.25) is 5.91 Å². The third-order valence-electron chi connectivity index (χ3n) is 1.61. The lowest BCUT2D eigenvalue weighted by atomic mass is 10.3. The molecular formula is C9H9Cl2NO2. The molecule has 14 heavy (non-hydrogen) atoms. The molecule has 1 rings (SSSR count). The molecular weight excluding hydrogens is 225 g/mol. The molecule has 0 saturated carbocycles. The number of hydroxylamine groups is 1. The van der Waals surface area contributed by atoms with Crippen molar-refractivity contribution in [3.63, 3.8) is 0 Å². The summed E-state index contributed by atoms with van der Waals surface area (Å²) in [5.41, 5.74) is 0.550. The van der Waals surface area contributed by atoms with E-state index < -0.39 is 0 Å². The molecule has 0 aliphatic carbocycles. The summed E-state index contributed by atoms with van der Waals surface area (Å²) in [4.78, 5) is 16.0. The summed E-state index contributed by atoms with van der Waals surface area (Å²) in [6.07, 6.45) is 0. The molecule has 5 heteroatoms. The molecule has 1 aromatic rings. The molecule has 0 saturated heterocycles. The number of carbonyl (C=O) groups excluding carboxylic acids is 1. The Bertz CT molecular complexity index is 355. The molecule has 0 radical (unpaired) electrons. The first kappa shape index (κ1) is 11.3. The molecule has 0 aliphatic rings. The van der Waals surface area contributed by atoms with E-state index in [1.54, 1.807) is 18.2 Å². The molecule has 1 amide bonds. The maximum absolute atomic E-state index is 11.1. The minimum atomic E-state index is -0.231. The predicted octanol–water partition coefficient (Wildman–Crippen LogP) is 2.91. The highest BCUT2D eigenvalue weighted by Gasteiger charge is 2.11. The molecule has 0 fully saturated rings. The third-order valence-corrected chi connectivity index (χ3v) is 2.35. The topological polar surface area (TPSA) is 29.5 Å². The molecule has 0 heterocycles. The Morgan fingerprint density at radius 2 is 2.00 bits per heavy atom. The van der Waals surface area contributed by atoms with Gasteiger partial charge in [-0.15, -0.1) is 0 Å². The summed E-state index contributed by atoms with van der Waals surface area (Å²) in [6, 6.07) is 4.82. The van der Waals surface area contributed by atoms with E-state index in [1.165, 1.54) is 14.0 Å².